The summed E-state index contributed by atoms with van der Waals surface area (Å²) in [6, 6.07) is 8.11. The quantitative estimate of drug-likeness (QED) is 0.739. The van der Waals surface area contributed by atoms with Gasteiger partial charge >= 0.3 is 0 Å². The average Bonchev–Trinajstić information content (AvgIpc) is 2.38. The van der Waals surface area contributed by atoms with Gasteiger partial charge in [0.1, 0.15) is 0 Å². The number of likely N-dealkylation sites (N-methyl/N-ethyl adjacent to an activating group) is 1. The van der Waals surface area contributed by atoms with E-state index in [1.165, 1.54) is 6.08 Å². The third kappa shape index (κ3) is 5.49. The van der Waals surface area contributed by atoms with Crippen molar-refractivity contribution in [2.45, 2.75) is 6.04 Å². The molecule has 0 amide bonds. The molecule has 0 aliphatic rings. The number of hydrogen-bond acceptors (Lipinski definition) is 4. The van der Waals surface area contributed by atoms with Gasteiger partial charge in [0.05, 0.1) is 5.75 Å². The van der Waals surface area contributed by atoms with Crippen LogP contribution in [0.1, 0.15) is 11.6 Å². The van der Waals surface area contributed by atoms with Crippen molar-refractivity contribution in [1.82, 2.24) is 9.62 Å². The Hall–Kier alpha value is -1.37. The molecular weight excluding hydrogens is 286 g/mol. The van der Waals surface area contributed by atoms with Crippen molar-refractivity contribution in [3.63, 3.8) is 0 Å². The Morgan fingerprint density at radius 3 is 2.19 bits per heavy atom. The summed E-state index contributed by atoms with van der Waals surface area (Å²) in [4.78, 5) is 4.03. The first-order valence-corrected chi connectivity index (χ1v) is 8.44. The lowest BCUT2D eigenvalue weighted by atomic mass is 10.1. The van der Waals surface area contributed by atoms with Crippen LogP contribution in [0.25, 0.3) is 0 Å². The van der Waals surface area contributed by atoms with E-state index in [1.54, 1.807) is 0 Å². The Bertz CT molecular complexity index is 551. The molecule has 1 unspecified atom stereocenters. The zero-order chi connectivity index (χ0) is 16.0. The first kappa shape index (κ1) is 17.7. The number of nitrogens with zero attached hydrogens (tertiary/aromatic N) is 2. The lowest BCUT2D eigenvalue weighted by molar-refractivity contribution is 0.299. The van der Waals surface area contributed by atoms with Crippen molar-refractivity contribution in [3.8, 4) is 0 Å². The van der Waals surface area contributed by atoms with Gasteiger partial charge in [-0.15, -0.1) is 6.58 Å². The molecule has 1 N–H and O–H groups in total. The van der Waals surface area contributed by atoms with Crippen LogP contribution in [0.15, 0.2) is 36.9 Å². The molecule has 6 heteroatoms. The maximum atomic E-state index is 11.7. The second-order valence-corrected chi connectivity index (χ2v) is 7.24. The van der Waals surface area contributed by atoms with E-state index in [2.05, 4.69) is 11.3 Å². The van der Waals surface area contributed by atoms with E-state index in [4.69, 9.17) is 0 Å². The fourth-order valence-corrected chi connectivity index (χ4v) is 2.85. The molecule has 0 aliphatic carbocycles. The fourth-order valence-electron chi connectivity index (χ4n) is 2.01. The molecule has 0 saturated carbocycles. The third-order valence-electron chi connectivity index (χ3n) is 3.25. The molecule has 0 saturated heterocycles. The van der Waals surface area contributed by atoms with Crippen LogP contribution in [-0.2, 0) is 10.0 Å². The summed E-state index contributed by atoms with van der Waals surface area (Å²) in [7, 11) is 4.56. The lowest BCUT2D eigenvalue weighted by Gasteiger charge is -2.25. The van der Waals surface area contributed by atoms with Crippen LogP contribution in [0.4, 0.5) is 5.69 Å². The van der Waals surface area contributed by atoms with Crippen molar-refractivity contribution in [2.24, 2.45) is 0 Å². The SMILES string of the molecule is C=CCS(=O)(=O)NCC(c1ccc(N(C)C)cc1)N(C)C. The van der Waals surface area contributed by atoms with Crippen LogP contribution in [-0.4, -0.2) is 53.8 Å². The van der Waals surface area contributed by atoms with Crippen molar-refractivity contribution in [2.75, 3.05) is 45.4 Å². The van der Waals surface area contributed by atoms with E-state index in [0.717, 1.165) is 11.3 Å². The summed E-state index contributed by atoms with van der Waals surface area (Å²) < 4.78 is 26.1. The highest BCUT2D eigenvalue weighted by atomic mass is 32.2. The van der Waals surface area contributed by atoms with E-state index in [9.17, 15) is 8.42 Å². The van der Waals surface area contributed by atoms with Gasteiger partial charge in [0.15, 0.2) is 0 Å². The van der Waals surface area contributed by atoms with Crippen molar-refractivity contribution < 1.29 is 8.42 Å². The normalized spacial score (nSPS) is 13.2. The van der Waals surface area contributed by atoms with Crippen LogP contribution in [0.3, 0.4) is 0 Å². The summed E-state index contributed by atoms with van der Waals surface area (Å²) >= 11 is 0. The Labute approximate surface area is 128 Å². The minimum Gasteiger partial charge on any atom is -0.378 e. The minimum atomic E-state index is -3.29. The second-order valence-electron chi connectivity index (χ2n) is 5.38. The highest BCUT2D eigenvalue weighted by molar-refractivity contribution is 7.89. The predicted octanol–water partition coefficient (Wildman–Crippen LogP) is 1.46. The molecule has 1 aromatic carbocycles. The topological polar surface area (TPSA) is 52.7 Å². The van der Waals surface area contributed by atoms with E-state index in [0.29, 0.717) is 6.54 Å². The number of anilines is 1. The predicted molar refractivity (Wildman–Crippen MR) is 89.2 cm³/mol. The zero-order valence-electron chi connectivity index (χ0n) is 13.2. The maximum absolute atomic E-state index is 11.7. The summed E-state index contributed by atoms with van der Waals surface area (Å²) in [6.07, 6.45) is 1.39. The molecule has 1 rings (SSSR count). The molecule has 1 atom stereocenters. The highest BCUT2D eigenvalue weighted by Gasteiger charge is 2.17. The van der Waals surface area contributed by atoms with E-state index >= 15 is 0 Å². The van der Waals surface area contributed by atoms with Crippen molar-refractivity contribution in [3.05, 3.63) is 42.5 Å². The monoisotopic (exact) mass is 311 g/mol. The molecule has 5 nitrogen and oxygen atoms in total. The summed E-state index contributed by atoms with van der Waals surface area (Å²) in [5.41, 5.74) is 2.19. The van der Waals surface area contributed by atoms with Crippen LogP contribution in [0.2, 0.25) is 0 Å². The van der Waals surface area contributed by atoms with Crippen molar-refractivity contribution in [1.29, 1.82) is 0 Å². The molecule has 0 aliphatic heterocycles. The molecular formula is C15H25N3O2S. The van der Waals surface area contributed by atoms with Gasteiger partial charge in [0.25, 0.3) is 0 Å². The Morgan fingerprint density at radius 1 is 1.19 bits per heavy atom. The Kier molecular flexibility index (Phi) is 6.39. The van der Waals surface area contributed by atoms with Crippen LogP contribution < -0.4 is 9.62 Å². The molecule has 0 fully saturated rings. The Morgan fingerprint density at radius 2 is 1.76 bits per heavy atom. The highest BCUT2D eigenvalue weighted by Crippen LogP contribution is 2.21. The fraction of sp³-hybridized carbons (Fsp3) is 0.467. The standard InChI is InChI=1S/C15H25N3O2S/c1-6-11-21(19,20)16-12-15(18(4)5)13-7-9-14(10-8-13)17(2)3/h6-10,15-16H,1,11-12H2,2-5H3. The number of hydrogen-bond donors (Lipinski definition) is 1. The molecule has 0 aromatic heterocycles. The minimum absolute atomic E-state index is 0.0131. The average molecular weight is 311 g/mol. The summed E-state index contributed by atoms with van der Waals surface area (Å²) in [5, 5.41) is 0. The number of rotatable bonds is 8. The first-order chi connectivity index (χ1) is 9.76. The number of sulfonamides is 1. The summed E-state index contributed by atoms with van der Waals surface area (Å²) in [6.45, 7) is 3.80. The number of benzene rings is 1. The van der Waals surface area contributed by atoms with E-state index < -0.39 is 10.0 Å². The van der Waals surface area contributed by atoms with Gasteiger partial charge in [-0.25, -0.2) is 13.1 Å². The van der Waals surface area contributed by atoms with E-state index in [-0.39, 0.29) is 11.8 Å². The first-order valence-electron chi connectivity index (χ1n) is 6.79. The number of nitrogens with one attached hydrogen (secondary N) is 1. The molecule has 0 bridgehead atoms. The Balaban J connectivity index is 2.85. The lowest BCUT2D eigenvalue weighted by Crippen LogP contribution is -2.35. The largest absolute Gasteiger partial charge is 0.378 e. The van der Waals surface area contributed by atoms with Gasteiger partial charge in [0.2, 0.25) is 10.0 Å². The second kappa shape index (κ2) is 7.59. The van der Waals surface area contributed by atoms with Crippen LogP contribution in [0, 0.1) is 0 Å². The van der Waals surface area contributed by atoms with E-state index in [1.807, 2.05) is 62.3 Å². The van der Waals surface area contributed by atoms with Gasteiger partial charge in [-0.05, 0) is 31.8 Å². The maximum Gasteiger partial charge on any atom is 0.215 e. The molecule has 0 spiro atoms. The molecule has 21 heavy (non-hydrogen) atoms. The van der Waals surface area contributed by atoms with Gasteiger partial charge in [-0.1, -0.05) is 18.2 Å². The molecule has 0 heterocycles. The molecule has 1 aromatic rings. The van der Waals surface area contributed by atoms with Crippen molar-refractivity contribution >= 4 is 15.7 Å². The van der Waals surface area contributed by atoms with Crippen LogP contribution >= 0.6 is 0 Å². The molecule has 0 radical (unpaired) electrons. The zero-order valence-corrected chi connectivity index (χ0v) is 14.0. The van der Waals surface area contributed by atoms with Gasteiger partial charge < -0.3 is 9.80 Å². The molecule has 118 valence electrons. The van der Waals surface area contributed by atoms with Gasteiger partial charge in [-0.2, -0.15) is 0 Å². The summed E-state index contributed by atoms with van der Waals surface area (Å²) in [5.74, 6) is -0.0628. The third-order valence-corrected chi connectivity index (χ3v) is 4.53. The smallest absolute Gasteiger partial charge is 0.215 e. The van der Waals surface area contributed by atoms with Crippen LogP contribution in [0.5, 0.6) is 0 Å². The van der Waals surface area contributed by atoms with Gasteiger partial charge in [-0.3, -0.25) is 0 Å². The van der Waals surface area contributed by atoms with Gasteiger partial charge in [0, 0.05) is 32.4 Å².